The second-order valence-electron chi connectivity index (χ2n) is 16.4. The molecule has 0 aliphatic heterocycles. The Morgan fingerprint density at radius 1 is 0.639 bits per heavy atom. The third kappa shape index (κ3) is 5.60. The van der Waals surface area contributed by atoms with Crippen LogP contribution in [0.1, 0.15) is 31.9 Å². The van der Waals surface area contributed by atoms with E-state index in [-0.39, 0.29) is 26.5 Å². The quantitative estimate of drug-likeness (QED) is 0.128. The van der Waals surface area contributed by atoms with Gasteiger partial charge in [-0.05, 0) is 76.6 Å². The van der Waals surface area contributed by atoms with Crippen molar-refractivity contribution in [2.24, 2.45) is 0 Å². The molecule has 12 aromatic rings. The number of para-hydroxylation sites is 4. The van der Waals surface area contributed by atoms with Gasteiger partial charge in [0.25, 0.3) is 6.33 Å². The molecule has 0 fully saturated rings. The van der Waals surface area contributed by atoms with E-state index in [1.807, 2.05) is 59.3 Å². The second-order valence-corrected chi connectivity index (χ2v) is 16.4. The van der Waals surface area contributed by atoms with Crippen LogP contribution in [0.3, 0.4) is 0 Å². The topological polar surface area (TPSA) is 64.1 Å². The zero-order valence-electron chi connectivity index (χ0n) is 33.3. The van der Waals surface area contributed by atoms with Crippen molar-refractivity contribution >= 4 is 70.9 Å². The van der Waals surface area contributed by atoms with Crippen LogP contribution in [-0.2, 0) is 26.5 Å². The zero-order chi connectivity index (χ0) is 40.3. The number of aromatic nitrogens is 5. The molecule has 5 heterocycles. The molecule has 0 aliphatic carbocycles. The van der Waals surface area contributed by atoms with Crippen LogP contribution in [-0.4, -0.2) is 18.5 Å². The molecule has 7 nitrogen and oxygen atoms in total. The van der Waals surface area contributed by atoms with Crippen LogP contribution in [0, 0.1) is 29.8 Å². The van der Waals surface area contributed by atoms with Crippen LogP contribution in [0.25, 0.3) is 88.1 Å². The minimum absolute atomic E-state index is 0. The third-order valence-corrected chi connectivity index (χ3v) is 11.8. The van der Waals surface area contributed by atoms with Gasteiger partial charge in [0.15, 0.2) is 0 Å². The predicted molar refractivity (Wildman–Crippen MR) is 238 cm³/mol. The minimum Gasteiger partial charge on any atom is -0.510 e. The molecule has 294 valence electrons. The van der Waals surface area contributed by atoms with E-state index >= 15 is 0 Å². The van der Waals surface area contributed by atoms with Crippen molar-refractivity contribution in [1.29, 1.82) is 5.26 Å². The molecule has 8 heteroatoms. The molecule has 0 aliphatic rings. The summed E-state index contributed by atoms with van der Waals surface area (Å²) >= 11 is 0. The summed E-state index contributed by atoms with van der Waals surface area (Å²) in [7, 11) is 0. The van der Waals surface area contributed by atoms with Crippen LogP contribution < -0.4 is 9.30 Å². The SMILES string of the molecule is CC(C)(C)c1ccnc(-n2c3[c-]c(Oc4[c-]c(-n5[c-][n+](-c6cc7c8ccccc8n8c9ccccc9c(c6)c78)c6ccccc65)ccc4)ccc3c3cc(C#N)ccc32)c1.[Pt]. The number of benzene rings is 7. The number of nitriles is 1. The van der Waals surface area contributed by atoms with Gasteiger partial charge >= 0.3 is 0 Å². The van der Waals surface area contributed by atoms with Gasteiger partial charge in [0, 0.05) is 65.8 Å². The fourth-order valence-corrected chi connectivity index (χ4v) is 9.04. The van der Waals surface area contributed by atoms with Gasteiger partial charge in [0.1, 0.15) is 5.82 Å². The Morgan fingerprint density at radius 3 is 2.08 bits per heavy atom. The molecule has 0 saturated heterocycles. The summed E-state index contributed by atoms with van der Waals surface area (Å²) in [6, 6.07) is 59.5. The van der Waals surface area contributed by atoms with Gasteiger partial charge in [-0.15, -0.1) is 29.7 Å². The molecule has 0 bridgehead atoms. The summed E-state index contributed by atoms with van der Waals surface area (Å²) in [5, 5.41) is 16.6. The fraction of sp³-hybridized carbons (Fsp3) is 0.0755. The molecule has 61 heavy (non-hydrogen) atoms. The molecule has 0 amide bonds. The van der Waals surface area contributed by atoms with E-state index in [4.69, 9.17) is 9.72 Å². The average Bonchev–Trinajstić information content (AvgIpc) is 4.02. The maximum atomic E-state index is 9.76. The molecule has 0 atom stereocenters. The van der Waals surface area contributed by atoms with E-state index in [0.717, 1.165) is 50.0 Å². The first-order valence-corrected chi connectivity index (χ1v) is 20.0. The number of hydrogen-bond donors (Lipinski definition) is 0. The van der Waals surface area contributed by atoms with E-state index in [1.165, 1.54) is 43.7 Å². The van der Waals surface area contributed by atoms with Crippen LogP contribution in [0.5, 0.6) is 11.5 Å². The minimum atomic E-state index is -0.0664. The van der Waals surface area contributed by atoms with Gasteiger partial charge in [0.05, 0.1) is 44.9 Å². The second kappa shape index (κ2) is 13.6. The van der Waals surface area contributed by atoms with Gasteiger partial charge in [-0.2, -0.15) is 23.5 Å². The average molecular weight is 966 g/mol. The summed E-state index contributed by atoms with van der Waals surface area (Å²) in [5.41, 5.74) is 10.9. The van der Waals surface area contributed by atoms with Crippen molar-refractivity contribution in [2.45, 2.75) is 26.2 Å². The molecule has 5 aromatic heterocycles. The maximum absolute atomic E-state index is 9.76. The van der Waals surface area contributed by atoms with Crippen molar-refractivity contribution in [1.82, 2.24) is 18.5 Å². The maximum Gasteiger partial charge on any atom is 0.268 e. The first kappa shape index (κ1) is 36.8. The van der Waals surface area contributed by atoms with Crippen molar-refractivity contribution < 1.29 is 30.4 Å². The molecule has 12 rings (SSSR count). The van der Waals surface area contributed by atoms with Crippen molar-refractivity contribution in [3.05, 3.63) is 181 Å². The largest absolute Gasteiger partial charge is 0.510 e. The predicted octanol–water partition coefficient (Wildman–Crippen LogP) is 11.9. The number of hydrogen-bond acceptors (Lipinski definition) is 3. The van der Waals surface area contributed by atoms with E-state index < -0.39 is 0 Å². The van der Waals surface area contributed by atoms with Crippen molar-refractivity contribution in [3.63, 3.8) is 0 Å². The summed E-state index contributed by atoms with van der Waals surface area (Å²) in [5.74, 6) is 1.86. The molecule has 0 saturated carbocycles. The van der Waals surface area contributed by atoms with E-state index in [2.05, 4.69) is 156 Å². The summed E-state index contributed by atoms with van der Waals surface area (Å²) in [6.07, 6.45) is 5.55. The number of rotatable bonds is 5. The first-order chi connectivity index (χ1) is 29.3. The van der Waals surface area contributed by atoms with Crippen LogP contribution in [0.4, 0.5) is 0 Å². The first-order valence-electron chi connectivity index (χ1n) is 20.0. The Hall–Kier alpha value is -7.26. The van der Waals surface area contributed by atoms with Crippen LogP contribution in [0.2, 0.25) is 0 Å². The third-order valence-electron chi connectivity index (χ3n) is 11.8. The molecule has 0 N–H and O–H groups in total. The zero-order valence-corrected chi connectivity index (χ0v) is 35.6. The standard InChI is InChI=1S/C53H34N6O.Pt/c1-53(2,3)34-23-24-55-51(26-34)58-47-22-19-33(31-54)25-42(47)41-21-20-38(30-50(41)58)60-37-12-10-11-35(27-37)56-32-57(49-18-9-8-17-48(49)56)36-28-43-39-13-4-6-15-45(39)59-46-16-7-5-14-40(46)44(29-36)52(43)59;/h4-26,28-29H,1-3H3;/q-2;. The van der Waals surface area contributed by atoms with E-state index in [9.17, 15) is 5.26 Å². The Labute approximate surface area is 365 Å². The monoisotopic (exact) mass is 965 g/mol. The molecule has 7 aromatic carbocycles. The van der Waals surface area contributed by atoms with Crippen LogP contribution >= 0.6 is 0 Å². The van der Waals surface area contributed by atoms with Gasteiger partial charge in [-0.1, -0.05) is 87.0 Å². The number of ether oxygens (including phenoxy) is 1. The molecular weight excluding hydrogens is 932 g/mol. The van der Waals surface area contributed by atoms with Crippen LogP contribution in [0.15, 0.2) is 152 Å². The van der Waals surface area contributed by atoms with Gasteiger partial charge in [-0.3, -0.25) is 4.57 Å². The molecule has 0 spiro atoms. The van der Waals surface area contributed by atoms with Gasteiger partial charge in [0.2, 0.25) is 0 Å². The Kier molecular flexibility index (Phi) is 8.23. The Bertz CT molecular complexity index is 3680. The summed E-state index contributed by atoms with van der Waals surface area (Å²) in [4.78, 5) is 4.82. The number of fused-ring (bicyclic) bond motifs is 10. The smallest absolute Gasteiger partial charge is 0.268 e. The normalized spacial score (nSPS) is 12.0. The molecular formula is C53H34N6OPt-2. The number of imidazole rings is 1. The Balaban J connectivity index is 0.00000420. The number of pyridine rings is 1. The van der Waals surface area contributed by atoms with E-state index in [0.29, 0.717) is 17.1 Å². The van der Waals surface area contributed by atoms with Gasteiger partial charge in [-0.25, -0.2) is 4.98 Å². The number of nitrogens with zero attached hydrogens (tertiary/aromatic N) is 6. The van der Waals surface area contributed by atoms with E-state index in [1.54, 1.807) is 0 Å². The summed E-state index contributed by atoms with van der Waals surface area (Å²) < 4.78 is 15.3. The molecule has 0 unspecified atom stereocenters. The van der Waals surface area contributed by atoms with Crippen molar-refractivity contribution in [2.75, 3.05) is 0 Å². The fourth-order valence-electron chi connectivity index (χ4n) is 9.04. The van der Waals surface area contributed by atoms with Gasteiger partial charge < -0.3 is 18.3 Å². The Morgan fingerprint density at radius 2 is 1.34 bits per heavy atom. The molecule has 0 radical (unpaired) electrons. The van der Waals surface area contributed by atoms with Crippen molar-refractivity contribution in [3.8, 4) is 34.8 Å². The summed E-state index contributed by atoms with van der Waals surface area (Å²) in [6.45, 7) is 6.59.